The van der Waals surface area contributed by atoms with Gasteiger partial charge < -0.3 is 14.4 Å². The molecule has 6 heteroatoms. The Morgan fingerprint density at radius 3 is 2.77 bits per heavy atom. The smallest absolute Gasteiger partial charge is 0.257 e. The topological polar surface area (TPSA) is 38.8 Å². The predicted molar refractivity (Wildman–Crippen MR) is 84.8 cm³/mol. The van der Waals surface area contributed by atoms with Crippen LogP contribution in [0, 0.1) is 0 Å². The molecule has 0 radical (unpaired) electrons. The Bertz CT molecular complexity index is 733. The van der Waals surface area contributed by atoms with Crippen molar-refractivity contribution in [3.05, 3.63) is 57.6 Å². The number of amides is 1. The van der Waals surface area contributed by atoms with E-state index in [2.05, 4.69) is 0 Å². The summed E-state index contributed by atoms with van der Waals surface area (Å²) < 4.78 is 10.7. The molecule has 0 atom stereocenters. The molecule has 3 rings (SSSR count). The number of ether oxygens (including phenoxy) is 2. The van der Waals surface area contributed by atoms with Crippen LogP contribution in [-0.4, -0.2) is 24.6 Å². The molecule has 1 aliphatic rings. The highest BCUT2D eigenvalue weighted by molar-refractivity contribution is 6.42. The Morgan fingerprint density at radius 1 is 1.18 bits per heavy atom. The van der Waals surface area contributed by atoms with Gasteiger partial charge in [0.05, 0.1) is 15.6 Å². The molecule has 1 amide bonds. The number of para-hydroxylation sites is 1. The fourth-order valence-corrected chi connectivity index (χ4v) is 2.61. The monoisotopic (exact) mass is 337 g/mol. The number of halogens is 2. The summed E-state index contributed by atoms with van der Waals surface area (Å²) >= 11 is 11.9. The van der Waals surface area contributed by atoms with Crippen molar-refractivity contribution in [3.8, 4) is 11.5 Å². The van der Waals surface area contributed by atoms with Gasteiger partial charge in [-0.2, -0.15) is 0 Å². The van der Waals surface area contributed by atoms with Crippen LogP contribution in [0.1, 0.15) is 15.9 Å². The highest BCUT2D eigenvalue weighted by Gasteiger charge is 2.23. The van der Waals surface area contributed by atoms with E-state index in [0.717, 1.165) is 5.56 Å². The maximum absolute atomic E-state index is 12.6. The first kappa shape index (κ1) is 15.0. The number of nitrogens with zero attached hydrogens (tertiary/aromatic N) is 1. The molecule has 0 bridgehead atoms. The van der Waals surface area contributed by atoms with Gasteiger partial charge in [0.1, 0.15) is 0 Å². The van der Waals surface area contributed by atoms with Gasteiger partial charge in [-0.1, -0.05) is 35.3 Å². The normalized spacial score (nSPS) is 12.3. The second-order valence-electron chi connectivity index (χ2n) is 4.95. The maximum atomic E-state index is 12.6. The third-order valence-corrected chi connectivity index (χ3v) is 4.12. The molecular weight excluding hydrogens is 325 g/mol. The molecular formula is C16H13Cl2NO3. The second kappa shape index (κ2) is 6.07. The zero-order valence-electron chi connectivity index (χ0n) is 11.8. The maximum Gasteiger partial charge on any atom is 0.257 e. The van der Waals surface area contributed by atoms with Crippen molar-refractivity contribution in [2.24, 2.45) is 0 Å². The third-order valence-electron chi connectivity index (χ3n) is 3.38. The fourth-order valence-electron chi connectivity index (χ4n) is 2.29. The van der Waals surface area contributed by atoms with Crippen LogP contribution in [0.2, 0.25) is 10.0 Å². The van der Waals surface area contributed by atoms with Gasteiger partial charge in [0.2, 0.25) is 6.79 Å². The summed E-state index contributed by atoms with van der Waals surface area (Å²) in [5.41, 5.74) is 1.38. The van der Waals surface area contributed by atoms with Gasteiger partial charge in [-0.25, -0.2) is 0 Å². The number of fused-ring (bicyclic) bond motifs is 1. The van der Waals surface area contributed by atoms with Crippen LogP contribution in [0.25, 0.3) is 0 Å². The van der Waals surface area contributed by atoms with Crippen molar-refractivity contribution in [3.63, 3.8) is 0 Å². The summed E-state index contributed by atoms with van der Waals surface area (Å²) in [6, 6.07) is 10.6. The second-order valence-corrected chi connectivity index (χ2v) is 5.76. The highest BCUT2D eigenvalue weighted by atomic mass is 35.5. The van der Waals surface area contributed by atoms with Crippen LogP contribution in [0.4, 0.5) is 0 Å². The molecule has 0 saturated carbocycles. The van der Waals surface area contributed by atoms with Gasteiger partial charge in [0.15, 0.2) is 11.5 Å². The molecule has 0 N–H and O–H groups in total. The summed E-state index contributed by atoms with van der Waals surface area (Å²) in [5, 5.41) is 0.961. The summed E-state index contributed by atoms with van der Waals surface area (Å²) in [6.45, 7) is 0.552. The average molecular weight is 338 g/mol. The number of carbonyl (C=O) groups excluding carboxylic acids is 1. The van der Waals surface area contributed by atoms with Crippen molar-refractivity contribution in [1.29, 1.82) is 0 Å². The molecule has 1 heterocycles. The van der Waals surface area contributed by atoms with E-state index in [0.29, 0.717) is 33.7 Å². The van der Waals surface area contributed by atoms with Crippen LogP contribution in [0.3, 0.4) is 0 Å². The molecule has 114 valence electrons. The molecule has 2 aromatic rings. The standard InChI is InChI=1S/C16H13Cl2NO3/c1-19(8-10-5-6-12(17)13(18)7-10)16(20)11-3-2-4-14-15(11)22-9-21-14/h2-7H,8-9H2,1H3. The molecule has 1 aliphatic heterocycles. The SMILES string of the molecule is CN(Cc1ccc(Cl)c(Cl)c1)C(=O)c1cccc2c1OCO2. The molecule has 0 spiro atoms. The molecule has 4 nitrogen and oxygen atoms in total. The van der Waals surface area contributed by atoms with E-state index in [-0.39, 0.29) is 12.7 Å². The molecule has 0 aromatic heterocycles. The first-order valence-corrected chi connectivity index (χ1v) is 7.40. The van der Waals surface area contributed by atoms with E-state index in [1.54, 1.807) is 42.3 Å². The summed E-state index contributed by atoms with van der Waals surface area (Å²) in [7, 11) is 1.72. The van der Waals surface area contributed by atoms with Gasteiger partial charge >= 0.3 is 0 Å². The van der Waals surface area contributed by atoms with Crippen molar-refractivity contribution >= 4 is 29.1 Å². The third kappa shape index (κ3) is 2.85. The van der Waals surface area contributed by atoms with Gasteiger partial charge in [-0.15, -0.1) is 0 Å². The van der Waals surface area contributed by atoms with E-state index in [9.17, 15) is 4.79 Å². The van der Waals surface area contributed by atoms with Crippen molar-refractivity contribution in [2.75, 3.05) is 13.8 Å². The van der Waals surface area contributed by atoms with Crippen molar-refractivity contribution in [1.82, 2.24) is 4.90 Å². The highest BCUT2D eigenvalue weighted by Crippen LogP contribution is 2.36. The van der Waals surface area contributed by atoms with Crippen molar-refractivity contribution < 1.29 is 14.3 Å². The Balaban J connectivity index is 1.80. The van der Waals surface area contributed by atoms with Gasteiger partial charge in [0.25, 0.3) is 5.91 Å². The molecule has 0 aliphatic carbocycles. The average Bonchev–Trinajstić information content (AvgIpc) is 2.98. The zero-order valence-corrected chi connectivity index (χ0v) is 13.3. The van der Waals surface area contributed by atoms with Crippen LogP contribution < -0.4 is 9.47 Å². The molecule has 0 saturated heterocycles. The fraction of sp³-hybridized carbons (Fsp3) is 0.188. The first-order valence-electron chi connectivity index (χ1n) is 6.64. The Hall–Kier alpha value is -1.91. The lowest BCUT2D eigenvalue weighted by Gasteiger charge is -2.18. The lowest BCUT2D eigenvalue weighted by Crippen LogP contribution is -2.26. The van der Waals surface area contributed by atoms with Gasteiger partial charge in [0, 0.05) is 13.6 Å². The summed E-state index contributed by atoms with van der Waals surface area (Å²) in [4.78, 5) is 14.2. The molecule has 22 heavy (non-hydrogen) atoms. The van der Waals surface area contributed by atoms with E-state index in [4.69, 9.17) is 32.7 Å². The van der Waals surface area contributed by atoms with Crippen LogP contribution in [-0.2, 0) is 6.54 Å². The van der Waals surface area contributed by atoms with E-state index in [1.165, 1.54) is 0 Å². The number of hydrogen-bond acceptors (Lipinski definition) is 3. The lowest BCUT2D eigenvalue weighted by molar-refractivity contribution is 0.0780. The molecule has 0 fully saturated rings. The van der Waals surface area contributed by atoms with Crippen LogP contribution in [0.15, 0.2) is 36.4 Å². The van der Waals surface area contributed by atoms with Crippen LogP contribution >= 0.6 is 23.2 Å². The van der Waals surface area contributed by atoms with Crippen LogP contribution in [0.5, 0.6) is 11.5 Å². The van der Waals surface area contributed by atoms with Gasteiger partial charge in [-0.3, -0.25) is 4.79 Å². The molecule has 2 aromatic carbocycles. The molecule has 0 unspecified atom stereocenters. The predicted octanol–water partition coefficient (Wildman–Crippen LogP) is 3.99. The number of benzene rings is 2. The minimum Gasteiger partial charge on any atom is -0.454 e. The minimum atomic E-state index is -0.145. The van der Waals surface area contributed by atoms with Gasteiger partial charge in [-0.05, 0) is 29.8 Å². The number of hydrogen-bond donors (Lipinski definition) is 0. The first-order chi connectivity index (χ1) is 10.6. The Labute approximate surface area is 138 Å². The lowest BCUT2D eigenvalue weighted by atomic mass is 10.1. The summed E-state index contributed by atoms with van der Waals surface area (Å²) in [5.74, 6) is 0.940. The summed E-state index contributed by atoms with van der Waals surface area (Å²) in [6.07, 6.45) is 0. The number of carbonyl (C=O) groups is 1. The quantitative estimate of drug-likeness (QED) is 0.849. The van der Waals surface area contributed by atoms with E-state index in [1.807, 2.05) is 6.07 Å². The minimum absolute atomic E-state index is 0.135. The zero-order chi connectivity index (χ0) is 15.7. The van der Waals surface area contributed by atoms with E-state index >= 15 is 0 Å². The number of rotatable bonds is 3. The van der Waals surface area contributed by atoms with Crippen molar-refractivity contribution in [2.45, 2.75) is 6.54 Å². The Morgan fingerprint density at radius 2 is 2.00 bits per heavy atom. The van der Waals surface area contributed by atoms with E-state index < -0.39 is 0 Å². The Kier molecular flexibility index (Phi) is 4.14. The largest absolute Gasteiger partial charge is 0.454 e.